The zero-order valence-electron chi connectivity index (χ0n) is 11.8. The van der Waals surface area contributed by atoms with Crippen molar-refractivity contribution >= 4 is 0 Å². The van der Waals surface area contributed by atoms with Gasteiger partial charge in [-0.3, -0.25) is 4.68 Å². The Balaban J connectivity index is 1.72. The van der Waals surface area contributed by atoms with E-state index in [1.807, 2.05) is 23.1 Å². The van der Waals surface area contributed by atoms with Gasteiger partial charge in [0.15, 0.2) is 0 Å². The van der Waals surface area contributed by atoms with E-state index in [2.05, 4.69) is 36.2 Å². The van der Waals surface area contributed by atoms with Gasteiger partial charge in [0.25, 0.3) is 0 Å². The van der Waals surface area contributed by atoms with Crippen molar-refractivity contribution in [3.63, 3.8) is 0 Å². The molecule has 0 spiro atoms. The molecule has 1 aliphatic carbocycles. The third-order valence-electron chi connectivity index (χ3n) is 3.79. The summed E-state index contributed by atoms with van der Waals surface area (Å²) in [4.78, 5) is 2.47. The number of likely N-dealkylation sites (N-methyl/N-ethyl adjacent to an activating group) is 1. The van der Waals surface area contributed by atoms with Crippen molar-refractivity contribution in [2.24, 2.45) is 5.92 Å². The molecule has 0 saturated heterocycles. The lowest BCUT2D eigenvalue weighted by Crippen LogP contribution is -2.41. The number of nitrogens with zero attached hydrogens (tertiary/aromatic N) is 3. The van der Waals surface area contributed by atoms with E-state index in [1.54, 1.807) is 0 Å². The topological polar surface area (TPSA) is 33.1 Å². The summed E-state index contributed by atoms with van der Waals surface area (Å²) >= 11 is 0. The van der Waals surface area contributed by atoms with Crippen LogP contribution in [0.4, 0.5) is 0 Å². The second kappa shape index (κ2) is 6.34. The van der Waals surface area contributed by atoms with Crippen molar-refractivity contribution in [3.8, 4) is 0 Å². The van der Waals surface area contributed by atoms with E-state index in [0.29, 0.717) is 12.0 Å². The summed E-state index contributed by atoms with van der Waals surface area (Å²) < 4.78 is 2.02. The fraction of sp³-hybridized carbons (Fsp3) is 0.786. The van der Waals surface area contributed by atoms with Crippen LogP contribution < -0.4 is 5.32 Å². The van der Waals surface area contributed by atoms with Gasteiger partial charge in [0.1, 0.15) is 0 Å². The van der Waals surface area contributed by atoms with Crippen LogP contribution in [0, 0.1) is 5.92 Å². The van der Waals surface area contributed by atoms with Crippen molar-refractivity contribution in [1.29, 1.82) is 0 Å². The van der Waals surface area contributed by atoms with E-state index in [1.165, 1.54) is 12.8 Å². The molecule has 1 N–H and O–H groups in total. The highest BCUT2D eigenvalue weighted by molar-refractivity contribution is 4.84. The largest absolute Gasteiger partial charge is 0.311 e. The van der Waals surface area contributed by atoms with Gasteiger partial charge in [-0.1, -0.05) is 13.8 Å². The molecule has 4 heteroatoms. The smallest absolute Gasteiger partial charge is 0.0565 e. The van der Waals surface area contributed by atoms with Crippen LogP contribution in [0.1, 0.15) is 26.7 Å². The fourth-order valence-electron chi connectivity index (χ4n) is 2.25. The first-order valence-electron chi connectivity index (χ1n) is 7.08. The summed E-state index contributed by atoms with van der Waals surface area (Å²) in [5.74, 6) is 0.625. The summed E-state index contributed by atoms with van der Waals surface area (Å²) in [6.45, 7) is 7.71. The zero-order chi connectivity index (χ0) is 13.0. The van der Waals surface area contributed by atoms with Crippen molar-refractivity contribution in [2.45, 2.75) is 45.3 Å². The third kappa shape index (κ3) is 4.10. The Morgan fingerprint density at radius 3 is 2.78 bits per heavy atom. The minimum absolute atomic E-state index is 0.498. The maximum Gasteiger partial charge on any atom is 0.0565 e. The summed E-state index contributed by atoms with van der Waals surface area (Å²) in [6, 6.07) is 3.34. The number of nitrogens with one attached hydrogen (secondary N) is 1. The molecule has 0 aromatic carbocycles. The Morgan fingerprint density at radius 2 is 2.22 bits per heavy atom. The molecule has 4 nitrogen and oxygen atoms in total. The number of aromatic nitrogens is 2. The van der Waals surface area contributed by atoms with Crippen LogP contribution in [-0.4, -0.2) is 46.9 Å². The van der Waals surface area contributed by atoms with Gasteiger partial charge in [-0.2, -0.15) is 5.10 Å². The summed E-state index contributed by atoms with van der Waals surface area (Å²) in [5, 5.41) is 7.95. The summed E-state index contributed by atoms with van der Waals surface area (Å²) in [6.07, 6.45) is 6.65. The second-order valence-corrected chi connectivity index (χ2v) is 5.74. The zero-order valence-corrected chi connectivity index (χ0v) is 11.8. The van der Waals surface area contributed by atoms with Gasteiger partial charge in [-0.05, 0) is 31.9 Å². The van der Waals surface area contributed by atoms with E-state index >= 15 is 0 Å². The molecule has 1 aromatic heterocycles. The normalized spacial score (nSPS) is 17.6. The Kier molecular flexibility index (Phi) is 4.78. The quantitative estimate of drug-likeness (QED) is 0.760. The third-order valence-corrected chi connectivity index (χ3v) is 3.79. The molecule has 1 heterocycles. The lowest BCUT2D eigenvalue weighted by Gasteiger charge is -2.24. The Labute approximate surface area is 110 Å². The number of hydrogen-bond donors (Lipinski definition) is 1. The van der Waals surface area contributed by atoms with Gasteiger partial charge < -0.3 is 10.2 Å². The molecule has 1 unspecified atom stereocenters. The minimum Gasteiger partial charge on any atom is -0.311 e. The highest BCUT2D eigenvalue weighted by atomic mass is 15.3. The summed E-state index contributed by atoms with van der Waals surface area (Å²) in [7, 11) is 2.23. The molecule has 0 amide bonds. The van der Waals surface area contributed by atoms with Gasteiger partial charge in [0.05, 0.1) is 6.54 Å². The average molecular weight is 250 g/mol. The molecule has 0 radical (unpaired) electrons. The summed E-state index contributed by atoms with van der Waals surface area (Å²) in [5.41, 5.74) is 0. The molecule has 1 saturated carbocycles. The van der Waals surface area contributed by atoms with Gasteiger partial charge in [-0.25, -0.2) is 0 Å². The molecular formula is C14H26N4. The molecule has 2 rings (SSSR count). The first-order valence-corrected chi connectivity index (χ1v) is 7.08. The minimum atomic E-state index is 0.498. The average Bonchev–Trinajstić information content (AvgIpc) is 3.06. The first kappa shape index (κ1) is 13.6. The van der Waals surface area contributed by atoms with Crippen molar-refractivity contribution in [2.75, 3.05) is 20.1 Å². The van der Waals surface area contributed by atoms with E-state index in [4.69, 9.17) is 0 Å². The fourth-order valence-corrected chi connectivity index (χ4v) is 2.25. The van der Waals surface area contributed by atoms with Gasteiger partial charge in [0.2, 0.25) is 0 Å². The molecule has 1 aliphatic rings. The SMILES string of the molecule is CC(C)C(Cn1cccn1)NCCN(C)C1CC1. The molecule has 0 bridgehead atoms. The highest BCUT2D eigenvalue weighted by Gasteiger charge is 2.25. The van der Waals surface area contributed by atoms with Crippen LogP contribution in [0.3, 0.4) is 0 Å². The Morgan fingerprint density at radius 1 is 1.44 bits per heavy atom. The molecular weight excluding hydrogens is 224 g/mol. The Bertz CT molecular complexity index is 330. The monoisotopic (exact) mass is 250 g/mol. The van der Waals surface area contributed by atoms with E-state index in [0.717, 1.165) is 25.7 Å². The standard InChI is InChI=1S/C14H26N4/c1-12(2)14(11-18-9-4-7-16-18)15-8-10-17(3)13-5-6-13/h4,7,9,12-15H,5-6,8,10-11H2,1-3H3. The maximum absolute atomic E-state index is 4.29. The van der Waals surface area contributed by atoms with Gasteiger partial charge in [-0.15, -0.1) is 0 Å². The molecule has 1 aromatic rings. The molecule has 1 atom stereocenters. The molecule has 0 aliphatic heterocycles. The van der Waals surface area contributed by atoms with Crippen LogP contribution in [0.25, 0.3) is 0 Å². The molecule has 1 fully saturated rings. The lowest BCUT2D eigenvalue weighted by atomic mass is 10.0. The van der Waals surface area contributed by atoms with Crippen LogP contribution >= 0.6 is 0 Å². The second-order valence-electron chi connectivity index (χ2n) is 5.74. The van der Waals surface area contributed by atoms with E-state index in [9.17, 15) is 0 Å². The molecule has 102 valence electrons. The van der Waals surface area contributed by atoms with Crippen molar-refractivity contribution in [1.82, 2.24) is 20.0 Å². The predicted octanol–water partition coefficient (Wildman–Crippen LogP) is 1.59. The lowest BCUT2D eigenvalue weighted by molar-refractivity contribution is 0.287. The van der Waals surface area contributed by atoms with Crippen molar-refractivity contribution in [3.05, 3.63) is 18.5 Å². The van der Waals surface area contributed by atoms with Crippen LogP contribution in [0.5, 0.6) is 0 Å². The van der Waals surface area contributed by atoms with E-state index in [-0.39, 0.29) is 0 Å². The van der Waals surface area contributed by atoms with Crippen LogP contribution in [0.15, 0.2) is 18.5 Å². The van der Waals surface area contributed by atoms with E-state index < -0.39 is 0 Å². The first-order chi connectivity index (χ1) is 8.66. The Hall–Kier alpha value is -0.870. The van der Waals surface area contributed by atoms with Gasteiger partial charge in [0, 0.05) is 37.6 Å². The van der Waals surface area contributed by atoms with Gasteiger partial charge >= 0.3 is 0 Å². The van der Waals surface area contributed by atoms with Crippen LogP contribution in [-0.2, 0) is 6.54 Å². The van der Waals surface area contributed by atoms with Crippen molar-refractivity contribution < 1.29 is 0 Å². The number of rotatable bonds is 8. The molecule has 18 heavy (non-hydrogen) atoms. The predicted molar refractivity (Wildman–Crippen MR) is 74.5 cm³/mol. The number of hydrogen-bond acceptors (Lipinski definition) is 3. The maximum atomic E-state index is 4.29. The highest BCUT2D eigenvalue weighted by Crippen LogP contribution is 2.24. The van der Waals surface area contributed by atoms with Crippen LogP contribution in [0.2, 0.25) is 0 Å².